The first-order valence-electron chi connectivity index (χ1n) is 6.09. The summed E-state index contributed by atoms with van der Waals surface area (Å²) in [6, 6.07) is 5.88. The zero-order valence-corrected chi connectivity index (χ0v) is 10.9. The zero-order chi connectivity index (χ0) is 13.3. The quantitative estimate of drug-likeness (QED) is 0.804. The number of anilines is 1. The summed E-state index contributed by atoms with van der Waals surface area (Å²) in [5.41, 5.74) is 0.793. The lowest BCUT2D eigenvalue weighted by atomic mass is 9.89. The number of carbonyl (C=O) groups is 1. The third-order valence-electron chi connectivity index (χ3n) is 2.85. The molecule has 0 aromatic heterocycles. The van der Waals surface area contributed by atoms with E-state index in [0.717, 1.165) is 6.42 Å². The standard InChI is InChI=1S/C14H18FNO2/c1-14(2,3)8-12-9-16(13(17)18-12)11-6-4-10(15)5-7-11/h4-7,12H,8-9H2,1-3H3. The van der Waals surface area contributed by atoms with Crippen LogP contribution in [0.2, 0.25) is 0 Å². The summed E-state index contributed by atoms with van der Waals surface area (Å²) in [7, 11) is 0. The van der Waals surface area contributed by atoms with Gasteiger partial charge in [0.1, 0.15) is 11.9 Å². The van der Waals surface area contributed by atoms with Crippen molar-refractivity contribution in [3.63, 3.8) is 0 Å². The molecule has 1 heterocycles. The molecule has 1 unspecified atom stereocenters. The van der Waals surface area contributed by atoms with Crippen LogP contribution in [0.5, 0.6) is 0 Å². The maximum Gasteiger partial charge on any atom is 0.414 e. The van der Waals surface area contributed by atoms with E-state index in [1.807, 2.05) is 0 Å². The Labute approximate surface area is 107 Å². The molecule has 18 heavy (non-hydrogen) atoms. The molecule has 1 aromatic carbocycles. The first kappa shape index (κ1) is 12.9. The molecule has 1 saturated heterocycles. The number of cyclic esters (lactones) is 1. The van der Waals surface area contributed by atoms with Crippen LogP contribution >= 0.6 is 0 Å². The molecule has 0 spiro atoms. The topological polar surface area (TPSA) is 29.5 Å². The molecule has 0 bridgehead atoms. The molecule has 1 atom stereocenters. The fourth-order valence-electron chi connectivity index (χ4n) is 2.14. The average molecular weight is 251 g/mol. The molecule has 1 fully saturated rings. The highest BCUT2D eigenvalue weighted by Crippen LogP contribution is 2.29. The Morgan fingerprint density at radius 1 is 1.33 bits per heavy atom. The van der Waals surface area contributed by atoms with Gasteiger partial charge in [-0.15, -0.1) is 0 Å². The number of ether oxygens (including phenoxy) is 1. The Morgan fingerprint density at radius 2 is 1.94 bits per heavy atom. The van der Waals surface area contributed by atoms with E-state index in [1.165, 1.54) is 12.1 Å². The number of hydrogen-bond donors (Lipinski definition) is 0. The van der Waals surface area contributed by atoms with Gasteiger partial charge in [0.2, 0.25) is 0 Å². The highest BCUT2D eigenvalue weighted by atomic mass is 19.1. The van der Waals surface area contributed by atoms with Gasteiger partial charge in [-0.2, -0.15) is 0 Å². The molecule has 1 aliphatic rings. The van der Waals surface area contributed by atoms with Crippen LogP contribution in [0.25, 0.3) is 0 Å². The molecular weight excluding hydrogens is 233 g/mol. The fraction of sp³-hybridized carbons (Fsp3) is 0.500. The zero-order valence-electron chi connectivity index (χ0n) is 10.9. The lowest BCUT2D eigenvalue weighted by molar-refractivity contribution is 0.114. The van der Waals surface area contributed by atoms with Gasteiger partial charge in [-0.25, -0.2) is 9.18 Å². The third-order valence-corrected chi connectivity index (χ3v) is 2.85. The summed E-state index contributed by atoms with van der Waals surface area (Å²) in [4.78, 5) is 13.3. The van der Waals surface area contributed by atoms with Gasteiger partial charge in [0.15, 0.2) is 0 Å². The second-order valence-electron chi connectivity index (χ2n) is 5.86. The normalized spacial score (nSPS) is 20.1. The minimum Gasteiger partial charge on any atom is -0.444 e. The highest BCUT2D eigenvalue weighted by Gasteiger charge is 2.34. The van der Waals surface area contributed by atoms with Crippen LogP contribution in [0.15, 0.2) is 24.3 Å². The third kappa shape index (κ3) is 3.00. The molecule has 2 rings (SSSR count). The minimum atomic E-state index is -0.351. The molecule has 3 nitrogen and oxygen atoms in total. The number of benzene rings is 1. The van der Waals surface area contributed by atoms with Gasteiger partial charge in [-0.05, 0) is 36.1 Å². The summed E-state index contributed by atoms with van der Waals surface area (Å²) >= 11 is 0. The van der Waals surface area contributed by atoms with E-state index >= 15 is 0 Å². The molecule has 98 valence electrons. The molecular formula is C14H18FNO2. The van der Waals surface area contributed by atoms with Crippen molar-refractivity contribution >= 4 is 11.8 Å². The first-order chi connectivity index (χ1) is 8.35. The van der Waals surface area contributed by atoms with E-state index in [0.29, 0.717) is 12.2 Å². The molecule has 0 saturated carbocycles. The van der Waals surface area contributed by atoms with Crippen molar-refractivity contribution in [3.05, 3.63) is 30.1 Å². The van der Waals surface area contributed by atoms with E-state index in [2.05, 4.69) is 20.8 Å². The summed E-state index contributed by atoms with van der Waals surface area (Å²) in [6.07, 6.45) is 0.370. The first-order valence-corrected chi connectivity index (χ1v) is 6.09. The van der Waals surface area contributed by atoms with Crippen LogP contribution in [0.4, 0.5) is 14.9 Å². The monoisotopic (exact) mass is 251 g/mol. The van der Waals surface area contributed by atoms with Crippen molar-refractivity contribution in [2.24, 2.45) is 5.41 Å². The van der Waals surface area contributed by atoms with Crippen molar-refractivity contribution in [3.8, 4) is 0 Å². The van der Waals surface area contributed by atoms with Gasteiger partial charge < -0.3 is 4.74 Å². The Kier molecular flexibility index (Phi) is 3.28. The van der Waals surface area contributed by atoms with Crippen molar-refractivity contribution in [1.82, 2.24) is 0 Å². The van der Waals surface area contributed by atoms with Gasteiger partial charge >= 0.3 is 6.09 Å². The van der Waals surface area contributed by atoms with Crippen molar-refractivity contribution in [2.45, 2.75) is 33.3 Å². The van der Waals surface area contributed by atoms with Gasteiger partial charge in [0.25, 0.3) is 0 Å². The molecule has 1 amide bonds. The summed E-state index contributed by atoms with van der Waals surface area (Å²) in [6.45, 7) is 6.87. The fourth-order valence-corrected chi connectivity index (χ4v) is 2.14. The maximum atomic E-state index is 12.8. The van der Waals surface area contributed by atoms with E-state index in [9.17, 15) is 9.18 Å². The van der Waals surface area contributed by atoms with Crippen LogP contribution in [0.1, 0.15) is 27.2 Å². The summed E-state index contributed by atoms with van der Waals surface area (Å²) in [5, 5.41) is 0. The second-order valence-corrected chi connectivity index (χ2v) is 5.86. The molecule has 1 aromatic rings. The Bertz CT molecular complexity index is 436. The number of carbonyl (C=O) groups excluding carboxylic acids is 1. The van der Waals surface area contributed by atoms with Crippen LogP contribution in [0, 0.1) is 11.2 Å². The maximum absolute atomic E-state index is 12.8. The number of halogens is 1. The molecule has 4 heteroatoms. The van der Waals surface area contributed by atoms with Crippen LogP contribution in [0.3, 0.4) is 0 Å². The predicted molar refractivity (Wildman–Crippen MR) is 68.1 cm³/mol. The molecule has 0 aliphatic carbocycles. The van der Waals surface area contributed by atoms with E-state index in [-0.39, 0.29) is 23.4 Å². The lowest BCUT2D eigenvalue weighted by Gasteiger charge is -2.21. The number of nitrogens with zero attached hydrogens (tertiary/aromatic N) is 1. The Balaban J connectivity index is 2.08. The second kappa shape index (κ2) is 4.59. The van der Waals surface area contributed by atoms with Crippen LogP contribution in [-0.4, -0.2) is 18.7 Å². The summed E-state index contributed by atoms with van der Waals surface area (Å²) < 4.78 is 18.2. The van der Waals surface area contributed by atoms with Crippen molar-refractivity contribution < 1.29 is 13.9 Å². The minimum absolute atomic E-state index is 0.0949. The predicted octanol–water partition coefficient (Wildman–Crippen LogP) is 3.59. The Hall–Kier alpha value is -1.58. The van der Waals surface area contributed by atoms with Gasteiger partial charge in [0, 0.05) is 5.69 Å². The average Bonchev–Trinajstić information content (AvgIpc) is 2.58. The van der Waals surface area contributed by atoms with Crippen molar-refractivity contribution in [2.75, 3.05) is 11.4 Å². The Morgan fingerprint density at radius 3 is 2.50 bits per heavy atom. The number of hydrogen-bond acceptors (Lipinski definition) is 2. The van der Waals surface area contributed by atoms with E-state index in [1.54, 1.807) is 17.0 Å². The molecule has 1 aliphatic heterocycles. The van der Waals surface area contributed by atoms with Crippen LogP contribution in [-0.2, 0) is 4.74 Å². The van der Waals surface area contributed by atoms with Gasteiger partial charge in [-0.3, -0.25) is 4.90 Å². The number of amides is 1. The molecule has 0 radical (unpaired) electrons. The van der Waals surface area contributed by atoms with Gasteiger partial charge in [-0.1, -0.05) is 20.8 Å². The number of rotatable bonds is 2. The van der Waals surface area contributed by atoms with E-state index in [4.69, 9.17) is 4.74 Å². The summed E-state index contributed by atoms with van der Waals surface area (Å²) in [5.74, 6) is -0.308. The smallest absolute Gasteiger partial charge is 0.414 e. The highest BCUT2D eigenvalue weighted by molar-refractivity contribution is 5.89. The molecule has 0 N–H and O–H groups in total. The van der Waals surface area contributed by atoms with Crippen LogP contribution < -0.4 is 4.90 Å². The lowest BCUT2D eigenvalue weighted by Crippen LogP contribution is -2.25. The van der Waals surface area contributed by atoms with Gasteiger partial charge in [0.05, 0.1) is 6.54 Å². The van der Waals surface area contributed by atoms with Crippen molar-refractivity contribution in [1.29, 1.82) is 0 Å². The largest absolute Gasteiger partial charge is 0.444 e. The SMILES string of the molecule is CC(C)(C)CC1CN(c2ccc(F)cc2)C(=O)O1. The van der Waals surface area contributed by atoms with E-state index < -0.39 is 0 Å².